The van der Waals surface area contributed by atoms with E-state index in [1.807, 2.05) is 55.5 Å². The molecule has 1 aliphatic rings. The second kappa shape index (κ2) is 9.12. The van der Waals surface area contributed by atoms with E-state index < -0.39 is 0 Å². The molecular weight excluding hydrogens is 360 g/mol. The number of nitrogens with one attached hydrogen (secondary N) is 1. The van der Waals surface area contributed by atoms with E-state index in [0.29, 0.717) is 0 Å². The van der Waals surface area contributed by atoms with Gasteiger partial charge in [-0.25, -0.2) is 0 Å². The normalized spacial score (nSPS) is 17.9. The van der Waals surface area contributed by atoms with E-state index in [4.69, 9.17) is 4.74 Å². The van der Waals surface area contributed by atoms with Crippen molar-refractivity contribution in [1.29, 1.82) is 0 Å². The zero-order valence-electron chi connectivity index (χ0n) is 16.7. The van der Waals surface area contributed by atoms with Gasteiger partial charge in [-0.05, 0) is 42.3 Å². The highest BCUT2D eigenvalue weighted by Crippen LogP contribution is 2.30. The Morgan fingerprint density at radius 2 is 1.48 bits per heavy atom. The summed E-state index contributed by atoms with van der Waals surface area (Å²) in [7, 11) is 0. The third kappa shape index (κ3) is 4.61. The molecule has 0 radical (unpaired) electrons. The van der Waals surface area contributed by atoms with Gasteiger partial charge in [0.1, 0.15) is 11.9 Å². The van der Waals surface area contributed by atoms with Crippen LogP contribution in [-0.2, 0) is 0 Å². The van der Waals surface area contributed by atoms with Gasteiger partial charge in [0.2, 0.25) is 0 Å². The average Bonchev–Trinajstić information content (AvgIpc) is 2.79. The second-order valence-electron chi connectivity index (χ2n) is 7.52. The van der Waals surface area contributed by atoms with Gasteiger partial charge in [0, 0.05) is 25.3 Å². The lowest BCUT2D eigenvalue weighted by atomic mass is 10.0. The van der Waals surface area contributed by atoms with Gasteiger partial charge in [-0.3, -0.25) is 0 Å². The molecule has 3 aromatic rings. The van der Waals surface area contributed by atoms with E-state index in [-0.39, 0.29) is 18.2 Å². The van der Waals surface area contributed by atoms with Gasteiger partial charge in [-0.15, -0.1) is 0 Å². The highest BCUT2D eigenvalue weighted by Gasteiger charge is 2.26. The quantitative estimate of drug-likeness (QED) is 0.670. The number of piperazine rings is 1. The van der Waals surface area contributed by atoms with Crippen LogP contribution < -0.4 is 15.0 Å². The van der Waals surface area contributed by atoms with E-state index in [1.165, 1.54) is 0 Å². The summed E-state index contributed by atoms with van der Waals surface area (Å²) in [6.45, 7) is 4.45. The van der Waals surface area contributed by atoms with Crippen molar-refractivity contribution in [2.75, 3.05) is 24.5 Å². The van der Waals surface area contributed by atoms with Crippen molar-refractivity contribution in [2.24, 2.45) is 0 Å². The first-order chi connectivity index (χ1) is 14.2. The molecular formula is C25H28N2O2. The van der Waals surface area contributed by atoms with Crippen molar-refractivity contribution < 1.29 is 9.84 Å². The number of nitrogens with zero attached hydrogens (tertiary/aromatic N) is 1. The molecule has 0 amide bonds. The van der Waals surface area contributed by atoms with Crippen molar-refractivity contribution in [3.63, 3.8) is 0 Å². The number of aliphatic hydroxyl groups is 1. The summed E-state index contributed by atoms with van der Waals surface area (Å²) in [5.41, 5.74) is 3.36. The van der Waals surface area contributed by atoms with Crippen LogP contribution in [0, 0.1) is 0 Å². The Bertz CT molecular complexity index is 842. The topological polar surface area (TPSA) is 44.7 Å². The van der Waals surface area contributed by atoms with Crippen molar-refractivity contribution >= 4 is 5.69 Å². The van der Waals surface area contributed by atoms with E-state index >= 15 is 0 Å². The lowest BCUT2D eigenvalue weighted by Crippen LogP contribution is -2.55. The fourth-order valence-electron chi connectivity index (χ4n) is 3.91. The van der Waals surface area contributed by atoms with Gasteiger partial charge in [-0.1, -0.05) is 60.7 Å². The van der Waals surface area contributed by atoms with E-state index in [9.17, 15) is 5.11 Å². The summed E-state index contributed by atoms with van der Waals surface area (Å²) >= 11 is 0. The van der Waals surface area contributed by atoms with Crippen molar-refractivity contribution in [3.05, 3.63) is 96.1 Å². The van der Waals surface area contributed by atoms with Gasteiger partial charge in [0.05, 0.1) is 12.1 Å². The summed E-state index contributed by atoms with van der Waals surface area (Å²) in [4.78, 5) is 2.27. The van der Waals surface area contributed by atoms with Crippen LogP contribution >= 0.6 is 0 Å². The van der Waals surface area contributed by atoms with Crippen LogP contribution in [-0.4, -0.2) is 36.9 Å². The SMILES string of the molecule is CC(O)C1CNCCN1c1ccc(OC(c2ccccc2)c2ccccc2)cc1. The first-order valence-electron chi connectivity index (χ1n) is 10.2. The maximum Gasteiger partial charge on any atom is 0.149 e. The molecule has 3 aromatic carbocycles. The number of ether oxygens (including phenoxy) is 1. The fraction of sp³-hybridized carbons (Fsp3) is 0.280. The molecule has 2 atom stereocenters. The minimum absolute atomic E-state index is 0.0805. The van der Waals surface area contributed by atoms with Gasteiger partial charge in [-0.2, -0.15) is 0 Å². The molecule has 0 spiro atoms. The number of aliphatic hydroxyl groups excluding tert-OH is 1. The zero-order valence-corrected chi connectivity index (χ0v) is 16.7. The molecule has 4 heteroatoms. The van der Waals surface area contributed by atoms with Crippen molar-refractivity contribution in [1.82, 2.24) is 5.32 Å². The Balaban J connectivity index is 1.56. The number of hydrogen-bond acceptors (Lipinski definition) is 4. The first kappa shape index (κ1) is 19.5. The molecule has 0 aromatic heterocycles. The third-order valence-electron chi connectivity index (χ3n) is 5.47. The minimum Gasteiger partial charge on any atom is -0.481 e. The van der Waals surface area contributed by atoms with Crippen LogP contribution in [0.2, 0.25) is 0 Å². The number of anilines is 1. The fourth-order valence-corrected chi connectivity index (χ4v) is 3.91. The Kier molecular flexibility index (Phi) is 6.13. The lowest BCUT2D eigenvalue weighted by Gasteiger charge is -2.39. The molecule has 29 heavy (non-hydrogen) atoms. The second-order valence-corrected chi connectivity index (χ2v) is 7.52. The molecule has 0 bridgehead atoms. The molecule has 150 valence electrons. The molecule has 2 unspecified atom stereocenters. The van der Waals surface area contributed by atoms with Gasteiger partial charge < -0.3 is 20.1 Å². The Morgan fingerprint density at radius 1 is 0.897 bits per heavy atom. The zero-order chi connectivity index (χ0) is 20.1. The van der Waals surface area contributed by atoms with Crippen LogP contribution in [0.4, 0.5) is 5.69 Å². The lowest BCUT2D eigenvalue weighted by molar-refractivity contribution is 0.151. The minimum atomic E-state index is -0.390. The van der Waals surface area contributed by atoms with Crippen LogP contribution in [0.5, 0.6) is 5.75 Å². The highest BCUT2D eigenvalue weighted by molar-refractivity contribution is 5.51. The Morgan fingerprint density at radius 3 is 2.03 bits per heavy atom. The van der Waals surface area contributed by atoms with Crippen LogP contribution in [0.3, 0.4) is 0 Å². The summed E-state index contributed by atoms with van der Waals surface area (Å²) in [5, 5.41) is 13.5. The molecule has 4 rings (SSSR count). The smallest absolute Gasteiger partial charge is 0.149 e. The Labute approximate surface area is 172 Å². The van der Waals surface area contributed by atoms with Gasteiger partial charge in [0.15, 0.2) is 0 Å². The molecule has 1 aliphatic heterocycles. The highest BCUT2D eigenvalue weighted by atomic mass is 16.5. The first-order valence-corrected chi connectivity index (χ1v) is 10.2. The van der Waals surface area contributed by atoms with Gasteiger partial charge in [0.25, 0.3) is 0 Å². The van der Waals surface area contributed by atoms with Crippen LogP contribution in [0.15, 0.2) is 84.9 Å². The van der Waals surface area contributed by atoms with Crippen molar-refractivity contribution in [3.8, 4) is 5.75 Å². The molecule has 1 fully saturated rings. The van der Waals surface area contributed by atoms with E-state index in [0.717, 1.165) is 42.2 Å². The number of benzene rings is 3. The predicted octanol–water partition coefficient (Wildman–Crippen LogP) is 4.01. The summed E-state index contributed by atoms with van der Waals surface area (Å²) in [6, 6.07) is 28.9. The third-order valence-corrected chi connectivity index (χ3v) is 5.47. The summed E-state index contributed by atoms with van der Waals surface area (Å²) in [5.74, 6) is 0.829. The standard InChI is InChI=1S/C25H28N2O2/c1-19(28)24-18-26-16-17-27(24)22-12-14-23(15-13-22)29-25(20-8-4-2-5-9-20)21-10-6-3-7-11-21/h2-15,19,24-26,28H,16-18H2,1H3. The molecule has 2 N–H and O–H groups in total. The molecule has 1 saturated heterocycles. The maximum atomic E-state index is 10.1. The molecule has 1 heterocycles. The van der Waals surface area contributed by atoms with E-state index in [1.54, 1.807) is 0 Å². The van der Waals surface area contributed by atoms with Gasteiger partial charge >= 0.3 is 0 Å². The van der Waals surface area contributed by atoms with Crippen LogP contribution in [0.1, 0.15) is 24.2 Å². The predicted molar refractivity (Wildman–Crippen MR) is 117 cm³/mol. The molecule has 4 nitrogen and oxygen atoms in total. The monoisotopic (exact) mass is 388 g/mol. The Hall–Kier alpha value is -2.82. The van der Waals surface area contributed by atoms with Crippen LogP contribution in [0.25, 0.3) is 0 Å². The summed E-state index contributed by atoms with van der Waals surface area (Å²) in [6.07, 6.45) is -0.549. The largest absolute Gasteiger partial charge is 0.481 e. The maximum absolute atomic E-state index is 10.1. The summed E-state index contributed by atoms with van der Waals surface area (Å²) < 4.78 is 6.42. The number of rotatable bonds is 6. The average molecular weight is 389 g/mol. The molecule has 0 saturated carbocycles. The molecule has 0 aliphatic carbocycles. The van der Waals surface area contributed by atoms with E-state index in [2.05, 4.69) is 46.6 Å². The van der Waals surface area contributed by atoms with Crippen molar-refractivity contribution in [2.45, 2.75) is 25.2 Å². The number of hydrogen-bond donors (Lipinski definition) is 2.